The third kappa shape index (κ3) is 2.72. The van der Waals surface area contributed by atoms with E-state index in [1.807, 2.05) is 0 Å². The zero-order valence-corrected chi connectivity index (χ0v) is 19.9. The summed E-state index contributed by atoms with van der Waals surface area (Å²) in [5, 5.41) is 5.12. The second-order valence-electron chi connectivity index (χ2n) is 8.37. The molecule has 0 fully saturated rings. The number of nitrogens with zero attached hydrogens (tertiary/aromatic N) is 2. The molecule has 0 aliphatic rings. The first-order valence-corrected chi connectivity index (χ1v) is 12.2. The molecule has 0 atom stereocenters. The standard InChI is InChI=1S/C30H19IN2/c31-20-17-18-27-24(19-20)22-11-4-6-13-25(22)33(27)29-16-8-15-28-30(29)23-12-5-7-14-26(23)32(28)21-9-2-1-3-10-21/h1-19H. The molecule has 33 heavy (non-hydrogen) atoms. The lowest BCUT2D eigenvalue weighted by Gasteiger charge is -2.11. The summed E-state index contributed by atoms with van der Waals surface area (Å²) >= 11 is 2.41. The quantitative estimate of drug-likeness (QED) is 0.197. The van der Waals surface area contributed by atoms with Gasteiger partial charge in [-0.3, -0.25) is 0 Å². The van der Waals surface area contributed by atoms with Gasteiger partial charge in [-0.05, 0) is 77.2 Å². The minimum Gasteiger partial charge on any atom is -0.309 e. The van der Waals surface area contributed by atoms with Gasteiger partial charge in [0.2, 0.25) is 0 Å². The van der Waals surface area contributed by atoms with Crippen LogP contribution in [-0.2, 0) is 0 Å². The van der Waals surface area contributed by atoms with Crippen molar-refractivity contribution in [2.45, 2.75) is 0 Å². The van der Waals surface area contributed by atoms with Crippen molar-refractivity contribution in [1.82, 2.24) is 9.13 Å². The molecule has 7 rings (SSSR count). The summed E-state index contributed by atoms with van der Waals surface area (Å²) in [6, 6.07) is 41.6. The van der Waals surface area contributed by atoms with Crippen LogP contribution in [0, 0.1) is 3.57 Å². The molecule has 156 valence electrons. The smallest absolute Gasteiger partial charge is 0.0562 e. The highest BCUT2D eigenvalue weighted by Crippen LogP contribution is 2.39. The van der Waals surface area contributed by atoms with E-state index in [9.17, 15) is 0 Å². The molecule has 0 saturated heterocycles. The van der Waals surface area contributed by atoms with Crippen molar-refractivity contribution in [2.24, 2.45) is 0 Å². The fourth-order valence-electron chi connectivity index (χ4n) is 5.25. The SMILES string of the molecule is Ic1ccc2c(c1)c1ccccc1n2-c1cccc2c1c1ccccc1n2-c1ccccc1. The highest BCUT2D eigenvalue weighted by atomic mass is 127. The Kier molecular flexibility index (Phi) is 4.15. The maximum absolute atomic E-state index is 2.44. The van der Waals surface area contributed by atoms with Crippen LogP contribution < -0.4 is 0 Å². The molecule has 0 radical (unpaired) electrons. The Morgan fingerprint density at radius 2 is 1.09 bits per heavy atom. The Balaban J connectivity index is 1.69. The average Bonchev–Trinajstić information content (AvgIpc) is 3.37. The van der Waals surface area contributed by atoms with Gasteiger partial charge in [-0.1, -0.05) is 60.7 Å². The topological polar surface area (TPSA) is 9.86 Å². The van der Waals surface area contributed by atoms with Crippen LogP contribution in [0.4, 0.5) is 0 Å². The van der Waals surface area contributed by atoms with E-state index in [0.29, 0.717) is 0 Å². The number of hydrogen-bond acceptors (Lipinski definition) is 0. The van der Waals surface area contributed by atoms with Gasteiger partial charge in [0.15, 0.2) is 0 Å². The van der Waals surface area contributed by atoms with Crippen molar-refractivity contribution in [1.29, 1.82) is 0 Å². The molecular formula is C30H19IN2. The van der Waals surface area contributed by atoms with E-state index in [1.165, 1.54) is 58.6 Å². The van der Waals surface area contributed by atoms with Gasteiger partial charge in [-0.25, -0.2) is 0 Å². The molecule has 0 spiro atoms. The van der Waals surface area contributed by atoms with Gasteiger partial charge in [0.1, 0.15) is 0 Å². The maximum atomic E-state index is 2.44. The van der Waals surface area contributed by atoms with E-state index in [1.54, 1.807) is 0 Å². The van der Waals surface area contributed by atoms with Crippen molar-refractivity contribution in [2.75, 3.05) is 0 Å². The largest absolute Gasteiger partial charge is 0.309 e. The molecule has 0 aliphatic carbocycles. The normalized spacial score (nSPS) is 11.8. The van der Waals surface area contributed by atoms with Crippen LogP contribution in [-0.4, -0.2) is 9.13 Å². The zero-order chi connectivity index (χ0) is 21.9. The van der Waals surface area contributed by atoms with Gasteiger partial charge in [-0.2, -0.15) is 0 Å². The summed E-state index contributed by atoms with van der Waals surface area (Å²) in [4.78, 5) is 0. The van der Waals surface area contributed by atoms with Crippen LogP contribution >= 0.6 is 22.6 Å². The molecule has 0 unspecified atom stereocenters. The molecule has 0 bridgehead atoms. The van der Waals surface area contributed by atoms with Crippen molar-refractivity contribution in [3.63, 3.8) is 0 Å². The maximum Gasteiger partial charge on any atom is 0.0562 e. The van der Waals surface area contributed by atoms with Crippen molar-refractivity contribution in [3.8, 4) is 11.4 Å². The van der Waals surface area contributed by atoms with E-state index in [2.05, 4.69) is 147 Å². The van der Waals surface area contributed by atoms with Crippen molar-refractivity contribution in [3.05, 3.63) is 119 Å². The number of hydrogen-bond donors (Lipinski definition) is 0. The zero-order valence-electron chi connectivity index (χ0n) is 17.7. The molecule has 0 saturated carbocycles. The fourth-order valence-corrected chi connectivity index (χ4v) is 5.74. The van der Waals surface area contributed by atoms with Crippen LogP contribution in [0.25, 0.3) is 55.0 Å². The molecule has 0 N–H and O–H groups in total. The lowest BCUT2D eigenvalue weighted by molar-refractivity contribution is 1.17. The molecule has 2 aromatic heterocycles. The predicted octanol–water partition coefficient (Wildman–Crippen LogP) is 8.49. The van der Waals surface area contributed by atoms with Gasteiger partial charge < -0.3 is 9.13 Å². The predicted molar refractivity (Wildman–Crippen MR) is 148 cm³/mol. The summed E-state index contributed by atoms with van der Waals surface area (Å²) in [5.74, 6) is 0. The highest BCUT2D eigenvalue weighted by Gasteiger charge is 2.19. The molecule has 2 nitrogen and oxygen atoms in total. The third-order valence-corrected chi connectivity index (χ3v) is 7.24. The van der Waals surface area contributed by atoms with Gasteiger partial charge >= 0.3 is 0 Å². The Hall–Kier alpha value is -3.57. The minimum atomic E-state index is 1.18. The Morgan fingerprint density at radius 1 is 0.455 bits per heavy atom. The van der Waals surface area contributed by atoms with Crippen molar-refractivity contribution < 1.29 is 0 Å². The number of halogens is 1. The van der Waals surface area contributed by atoms with Crippen LogP contribution in [0.3, 0.4) is 0 Å². The van der Waals surface area contributed by atoms with E-state index >= 15 is 0 Å². The van der Waals surface area contributed by atoms with Crippen LogP contribution in [0.2, 0.25) is 0 Å². The monoisotopic (exact) mass is 534 g/mol. The Morgan fingerprint density at radius 3 is 1.91 bits per heavy atom. The first kappa shape index (κ1) is 18.9. The Bertz CT molecular complexity index is 1820. The molecule has 3 heteroatoms. The first-order chi connectivity index (χ1) is 16.3. The first-order valence-electron chi connectivity index (χ1n) is 11.1. The second kappa shape index (κ2) is 7.22. The van der Waals surface area contributed by atoms with Crippen molar-refractivity contribution >= 4 is 66.2 Å². The second-order valence-corrected chi connectivity index (χ2v) is 9.62. The lowest BCUT2D eigenvalue weighted by atomic mass is 10.1. The summed E-state index contributed by atoms with van der Waals surface area (Å²) in [6.07, 6.45) is 0. The summed E-state index contributed by atoms with van der Waals surface area (Å²) < 4.78 is 6.07. The highest BCUT2D eigenvalue weighted by molar-refractivity contribution is 14.1. The van der Waals surface area contributed by atoms with Crippen LogP contribution in [0.5, 0.6) is 0 Å². The molecule has 2 heterocycles. The van der Waals surface area contributed by atoms with E-state index in [0.717, 1.165) is 0 Å². The van der Waals surface area contributed by atoms with E-state index < -0.39 is 0 Å². The number of fused-ring (bicyclic) bond motifs is 6. The van der Waals surface area contributed by atoms with Gasteiger partial charge in [0.25, 0.3) is 0 Å². The van der Waals surface area contributed by atoms with E-state index in [4.69, 9.17) is 0 Å². The molecule has 0 amide bonds. The van der Waals surface area contributed by atoms with Gasteiger partial charge in [0, 0.05) is 30.8 Å². The number of para-hydroxylation sites is 3. The average molecular weight is 534 g/mol. The number of benzene rings is 5. The molecule has 0 aliphatic heterocycles. The summed E-state index contributed by atoms with van der Waals surface area (Å²) in [5.41, 5.74) is 7.31. The number of rotatable bonds is 2. The van der Waals surface area contributed by atoms with Crippen LogP contribution in [0.1, 0.15) is 0 Å². The number of aromatic nitrogens is 2. The molecule has 7 aromatic rings. The van der Waals surface area contributed by atoms with Gasteiger partial charge in [-0.15, -0.1) is 0 Å². The fraction of sp³-hybridized carbons (Fsp3) is 0. The minimum absolute atomic E-state index is 1.18. The van der Waals surface area contributed by atoms with Gasteiger partial charge in [0.05, 0.1) is 27.8 Å². The molecular weight excluding hydrogens is 515 g/mol. The third-order valence-electron chi connectivity index (χ3n) is 6.57. The summed E-state index contributed by atoms with van der Waals surface area (Å²) in [7, 11) is 0. The van der Waals surface area contributed by atoms with Crippen LogP contribution in [0.15, 0.2) is 115 Å². The van der Waals surface area contributed by atoms with E-state index in [-0.39, 0.29) is 0 Å². The Labute approximate surface area is 204 Å². The molecule has 5 aromatic carbocycles. The summed E-state index contributed by atoms with van der Waals surface area (Å²) in [6.45, 7) is 0. The lowest BCUT2D eigenvalue weighted by Crippen LogP contribution is -1.96.